The third kappa shape index (κ3) is 3.24. The van der Waals surface area contributed by atoms with Crippen molar-refractivity contribution in [1.82, 2.24) is 4.98 Å². The minimum absolute atomic E-state index is 0.226. The highest BCUT2D eigenvalue weighted by atomic mass is 79.9. The van der Waals surface area contributed by atoms with Crippen molar-refractivity contribution in [2.75, 3.05) is 18.2 Å². The SMILES string of the molecule is COC(=O)c1ccc(N)c(NCc2sccc2Br)n1. The summed E-state index contributed by atoms with van der Waals surface area (Å²) in [5.74, 6) is -0.0106. The third-order valence-electron chi connectivity index (χ3n) is 2.43. The summed E-state index contributed by atoms with van der Waals surface area (Å²) in [6.07, 6.45) is 0. The predicted octanol–water partition coefficient (Wildman–Crippen LogP) is 2.89. The Morgan fingerprint density at radius 1 is 1.53 bits per heavy atom. The molecule has 7 heteroatoms. The minimum atomic E-state index is -0.486. The molecule has 0 unspecified atom stereocenters. The monoisotopic (exact) mass is 341 g/mol. The summed E-state index contributed by atoms with van der Waals surface area (Å²) in [6.45, 7) is 0.583. The van der Waals surface area contributed by atoms with E-state index in [1.165, 1.54) is 13.2 Å². The van der Waals surface area contributed by atoms with Crippen LogP contribution in [0.25, 0.3) is 0 Å². The number of pyridine rings is 1. The van der Waals surface area contributed by atoms with Gasteiger partial charge in [-0.1, -0.05) is 0 Å². The van der Waals surface area contributed by atoms with Crippen molar-refractivity contribution < 1.29 is 9.53 Å². The van der Waals surface area contributed by atoms with Gasteiger partial charge in [-0.05, 0) is 39.5 Å². The second-order valence-electron chi connectivity index (χ2n) is 3.67. The van der Waals surface area contributed by atoms with Gasteiger partial charge in [0.1, 0.15) is 0 Å². The highest BCUT2D eigenvalue weighted by molar-refractivity contribution is 9.10. The Bertz CT molecular complexity index is 600. The number of ether oxygens (including phenoxy) is 1. The number of rotatable bonds is 4. The molecule has 0 amide bonds. The van der Waals surface area contributed by atoms with Crippen molar-refractivity contribution >= 4 is 44.7 Å². The second-order valence-corrected chi connectivity index (χ2v) is 5.53. The molecular formula is C12H12BrN3O2S. The van der Waals surface area contributed by atoms with Gasteiger partial charge in [0.25, 0.3) is 0 Å². The number of aromatic nitrogens is 1. The molecule has 0 saturated carbocycles. The van der Waals surface area contributed by atoms with Crippen LogP contribution in [0.4, 0.5) is 11.5 Å². The molecule has 0 atom stereocenters. The number of nitrogens with one attached hydrogen (secondary N) is 1. The van der Waals surface area contributed by atoms with E-state index in [0.29, 0.717) is 18.1 Å². The molecule has 0 aliphatic carbocycles. The molecule has 0 aliphatic rings. The number of anilines is 2. The van der Waals surface area contributed by atoms with Crippen LogP contribution in [0, 0.1) is 0 Å². The Labute approximate surface area is 122 Å². The van der Waals surface area contributed by atoms with Crippen molar-refractivity contribution in [3.63, 3.8) is 0 Å². The molecule has 100 valence electrons. The summed E-state index contributed by atoms with van der Waals surface area (Å²) in [4.78, 5) is 16.7. The van der Waals surface area contributed by atoms with Crippen molar-refractivity contribution in [2.45, 2.75) is 6.54 Å². The predicted molar refractivity (Wildman–Crippen MR) is 79.3 cm³/mol. The molecule has 0 aromatic carbocycles. The fraction of sp³-hybridized carbons (Fsp3) is 0.167. The lowest BCUT2D eigenvalue weighted by atomic mass is 10.3. The van der Waals surface area contributed by atoms with E-state index in [2.05, 4.69) is 31.0 Å². The summed E-state index contributed by atoms with van der Waals surface area (Å²) >= 11 is 5.07. The number of carbonyl (C=O) groups excluding carboxylic acids is 1. The second kappa shape index (κ2) is 6.03. The molecule has 0 aliphatic heterocycles. The van der Waals surface area contributed by atoms with Crippen LogP contribution in [0.2, 0.25) is 0 Å². The number of methoxy groups -OCH3 is 1. The topological polar surface area (TPSA) is 77.2 Å². The molecule has 2 aromatic heterocycles. The first-order valence-electron chi connectivity index (χ1n) is 5.42. The standard InChI is InChI=1S/C12H12BrN3O2S/c1-18-12(17)9-3-2-8(14)11(16-9)15-6-10-7(13)4-5-19-10/h2-5H,6,14H2,1H3,(H,15,16). The molecule has 3 N–H and O–H groups in total. The van der Waals surface area contributed by atoms with E-state index in [1.54, 1.807) is 17.4 Å². The molecule has 2 aromatic rings. The van der Waals surface area contributed by atoms with Crippen LogP contribution in [0.3, 0.4) is 0 Å². The van der Waals surface area contributed by atoms with Crippen molar-refractivity contribution in [1.29, 1.82) is 0 Å². The largest absolute Gasteiger partial charge is 0.464 e. The highest BCUT2D eigenvalue weighted by Crippen LogP contribution is 2.24. The number of nitrogens with two attached hydrogens (primary N) is 1. The van der Waals surface area contributed by atoms with Crippen LogP contribution in [-0.2, 0) is 11.3 Å². The van der Waals surface area contributed by atoms with E-state index in [0.717, 1.165) is 9.35 Å². The first-order chi connectivity index (χ1) is 9.11. The van der Waals surface area contributed by atoms with Crippen molar-refractivity contribution in [2.24, 2.45) is 0 Å². The van der Waals surface area contributed by atoms with E-state index in [4.69, 9.17) is 5.73 Å². The summed E-state index contributed by atoms with van der Waals surface area (Å²) in [5.41, 5.74) is 6.54. The molecule has 2 rings (SSSR count). The number of carbonyl (C=O) groups is 1. The molecule has 0 spiro atoms. The van der Waals surface area contributed by atoms with Crippen LogP contribution in [-0.4, -0.2) is 18.1 Å². The van der Waals surface area contributed by atoms with Gasteiger partial charge < -0.3 is 15.8 Å². The fourth-order valence-corrected chi connectivity index (χ4v) is 2.88. The maximum atomic E-state index is 11.4. The van der Waals surface area contributed by atoms with Crippen LogP contribution >= 0.6 is 27.3 Å². The molecule has 19 heavy (non-hydrogen) atoms. The Balaban J connectivity index is 2.15. The highest BCUT2D eigenvalue weighted by Gasteiger charge is 2.10. The lowest BCUT2D eigenvalue weighted by Crippen LogP contribution is -2.09. The van der Waals surface area contributed by atoms with Crippen LogP contribution in [0.5, 0.6) is 0 Å². The van der Waals surface area contributed by atoms with Crippen LogP contribution in [0.1, 0.15) is 15.4 Å². The van der Waals surface area contributed by atoms with E-state index in [-0.39, 0.29) is 5.69 Å². The number of hydrogen-bond acceptors (Lipinski definition) is 6. The average Bonchev–Trinajstić information content (AvgIpc) is 2.82. The fourth-order valence-electron chi connectivity index (χ4n) is 1.44. The number of nitrogen functional groups attached to an aromatic ring is 1. The number of esters is 1. The average molecular weight is 342 g/mol. The van der Waals surface area contributed by atoms with Gasteiger partial charge in [-0.2, -0.15) is 0 Å². The normalized spacial score (nSPS) is 10.2. The molecule has 0 radical (unpaired) electrons. The maximum absolute atomic E-state index is 11.4. The van der Waals surface area contributed by atoms with Crippen LogP contribution < -0.4 is 11.1 Å². The lowest BCUT2D eigenvalue weighted by Gasteiger charge is -2.09. The van der Waals surface area contributed by atoms with Crippen molar-refractivity contribution in [3.05, 3.63) is 38.6 Å². The van der Waals surface area contributed by atoms with E-state index >= 15 is 0 Å². The maximum Gasteiger partial charge on any atom is 0.356 e. The van der Waals surface area contributed by atoms with Gasteiger partial charge >= 0.3 is 5.97 Å². The molecule has 2 heterocycles. The first kappa shape index (κ1) is 13.8. The number of thiophene rings is 1. The Hall–Kier alpha value is -1.60. The van der Waals surface area contributed by atoms with E-state index in [1.807, 2.05) is 11.4 Å². The lowest BCUT2D eigenvalue weighted by molar-refractivity contribution is 0.0594. The molecule has 5 nitrogen and oxygen atoms in total. The zero-order chi connectivity index (χ0) is 13.8. The minimum Gasteiger partial charge on any atom is -0.464 e. The van der Waals surface area contributed by atoms with Gasteiger partial charge in [0.05, 0.1) is 19.3 Å². The Kier molecular flexibility index (Phi) is 4.39. The van der Waals surface area contributed by atoms with Gasteiger partial charge in [0.2, 0.25) is 0 Å². The first-order valence-corrected chi connectivity index (χ1v) is 7.09. The molecule has 0 bridgehead atoms. The molecule has 0 fully saturated rings. The smallest absolute Gasteiger partial charge is 0.356 e. The quantitative estimate of drug-likeness (QED) is 0.836. The zero-order valence-electron chi connectivity index (χ0n) is 10.1. The van der Waals surface area contributed by atoms with E-state index in [9.17, 15) is 4.79 Å². The van der Waals surface area contributed by atoms with Gasteiger partial charge in [-0.15, -0.1) is 11.3 Å². The van der Waals surface area contributed by atoms with E-state index < -0.39 is 5.97 Å². The Morgan fingerprint density at radius 2 is 2.32 bits per heavy atom. The summed E-state index contributed by atoms with van der Waals surface area (Å²) < 4.78 is 5.66. The van der Waals surface area contributed by atoms with Gasteiger partial charge in [-0.25, -0.2) is 9.78 Å². The molecular weight excluding hydrogens is 330 g/mol. The molecule has 0 saturated heterocycles. The number of hydrogen-bond donors (Lipinski definition) is 2. The van der Waals surface area contributed by atoms with Gasteiger partial charge in [-0.3, -0.25) is 0 Å². The van der Waals surface area contributed by atoms with Gasteiger partial charge in [0.15, 0.2) is 11.5 Å². The van der Waals surface area contributed by atoms with Crippen LogP contribution in [0.15, 0.2) is 28.1 Å². The van der Waals surface area contributed by atoms with Crippen molar-refractivity contribution in [3.8, 4) is 0 Å². The Morgan fingerprint density at radius 3 is 2.95 bits per heavy atom. The summed E-state index contributed by atoms with van der Waals surface area (Å²) in [5, 5.41) is 5.10. The number of nitrogens with zero attached hydrogens (tertiary/aromatic N) is 1. The number of halogens is 1. The third-order valence-corrected chi connectivity index (χ3v) is 4.35. The summed E-state index contributed by atoms with van der Waals surface area (Å²) in [7, 11) is 1.32. The zero-order valence-corrected chi connectivity index (χ0v) is 12.5. The summed E-state index contributed by atoms with van der Waals surface area (Å²) in [6, 6.07) is 5.14. The van der Waals surface area contributed by atoms with Gasteiger partial charge in [0, 0.05) is 9.35 Å².